The van der Waals surface area contributed by atoms with Gasteiger partial charge in [0, 0.05) is 19.3 Å². The molecule has 1 fully saturated rings. The second kappa shape index (κ2) is 10.9. The van der Waals surface area contributed by atoms with Crippen LogP contribution in [-0.2, 0) is 16.1 Å². The second-order valence-electron chi connectivity index (χ2n) is 9.28. The topological polar surface area (TPSA) is 95.5 Å². The fourth-order valence-electron chi connectivity index (χ4n) is 3.57. The van der Waals surface area contributed by atoms with Crippen LogP contribution in [0.25, 0.3) is 0 Å². The van der Waals surface area contributed by atoms with E-state index in [1.807, 2.05) is 30.3 Å². The van der Waals surface area contributed by atoms with Crippen molar-refractivity contribution in [3.05, 3.63) is 46.2 Å². The number of alkyl halides is 1. The Morgan fingerprint density at radius 3 is 2.56 bits per heavy atom. The van der Waals surface area contributed by atoms with E-state index in [1.54, 1.807) is 43.8 Å². The summed E-state index contributed by atoms with van der Waals surface area (Å²) in [5.41, 5.74) is 3.12. The minimum Gasteiger partial charge on any atom is -0.445 e. The SMILES string of the molecule is CC1(Cl)N=CC(Br)=C(N(NC(=O)OC(C)(C)C)C2CCN(C(=O)OCc3ccccc3)CC2)N1. The summed E-state index contributed by atoms with van der Waals surface area (Å²) in [5, 5.41) is 3.77. The summed E-state index contributed by atoms with van der Waals surface area (Å²) in [6.07, 6.45) is 1.84. The van der Waals surface area contributed by atoms with Gasteiger partial charge >= 0.3 is 12.2 Å². The fourth-order valence-corrected chi connectivity index (χ4v) is 4.10. The van der Waals surface area contributed by atoms with E-state index in [-0.39, 0.29) is 18.7 Å². The van der Waals surface area contributed by atoms with Crippen molar-refractivity contribution in [2.75, 3.05) is 13.1 Å². The number of hydrogen-bond acceptors (Lipinski definition) is 7. The number of carbonyl (C=O) groups is 2. The summed E-state index contributed by atoms with van der Waals surface area (Å²) in [7, 11) is 0. The van der Waals surface area contributed by atoms with Gasteiger partial charge in [0.1, 0.15) is 18.0 Å². The standard InChI is InChI=1S/C23H31BrClN5O4/c1-22(2,3)34-20(31)28-30(19-18(24)14-26-23(4,25)27-19)17-10-12-29(13-11-17)21(32)33-15-16-8-6-5-7-9-16/h5-9,14,17,27H,10-13,15H2,1-4H3,(H,28,31). The number of amides is 2. The van der Waals surface area contributed by atoms with Crippen LogP contribution in [0, 0.1) is 0 Å². The van der Waals surface area contributed by atoms with Crippen LogP contribution in [-0.4, -0.2) is 58.2 Å². The first-order valence-electron chi connectivity index (χ1n) is 11.1. The lowest BCUT2D eigenvalue weighted by Gasteiger charge is -2.42. The molecule has 186 valence electrons. The van der Waals surface area contributed by atoms with Gasteiger partial charge in [-0.2, -0.15) is 0 Å². The number of hydrogen-bond donors (Lipinski definition) is 2. The van der Waals surface area contributed by atoms with Gasteiger partial charge in [-0.05, 0) is 62.0 Å². The van der Waals surface area contributed by atoms with Crippen molar-refractivity contribution in [1.29, 1.82) is 0 Å². The number of nitrogens with zero attached hydrogens (tertiary/aromatic N) is 3. The summed E-state index contributed by atoms with van der Waals surface area (Å²) in [6, 6.07) is 9.43. The monoisotopic (exact) mass is 555 g/mol. The molecule has 2 N–H and O–H groups in total. The number of carbonyl (C=O) groups excluding carboxylic acids is 2. The van der Waals surface area contributed by atoms with E-state index in [9.17, 15) is 9.59 Å². The Morgan fingerprint density at radius 2 is 1.94 bits per heavy atom. The maximum absolute atomic E-state index is 12.6. The number of allylic oxidation sites excluding steroid dienone is 1. The van der Waals surface area contributed by atoms with Crippen molar-refractivity contribution in [2.45, 2.75) is 63.9 Å². The first-order chi connectivity index (χ1) is 15.9. The first kappa shape index (κ1) is 26.2. The maximum atomic E-state index is 12.6. The van der Waals surface area contributed by atoms with Crippen LogP contribution in [0.5, 0.6) is 0 Å². The Bertz CT molecular complexity index is 940. The third-order valence-corrected chi connectivity index (χ3v) is 5.91. The smallest absolute Gasteiger partial charge is 0.426 e. The zero-order valence-electron chi connectivity index (χ0n) is 19.8. The lowest BCUT2D eigenvalue weighted by Crippen LogP contribution is -2.57. The molecule has 0 bridgehead atoms. The second-order valence-corrected chi connectivity index (χ2v) is 10.9. The summed E-state index contributed by atoms with van der Waals surface area (Å²) in [6.45, 7) is 8.28. The molecule has 0 saturated carbocycles. The van der Waals surface area contributed by atoms with Crippen LogP contribution in [0.15, 0.2) is 45.6 Å². The average Bonchev–Trinajstić information content (AvgIpc) is 2.77. The Labute approximate surface area is 213 Å². The van der Waals surface area contributed by atoms with Crippen molar-refractivity contribution in [1.82, 2.24) is 20.7 Å². The molecule has 34 heavy (non-hydrogen) atoms. The van der Waals surface area contributed by atoms with Gasteiger partial charge in [-0.25, -0.2) is 20.0 Å². The number of nitrogens with one attached hydrogen (secondary N) is 2. The van der Waals surface area contributed by atoms with Crippen LogP contribution in [0.4, 0.5) is 9.59 Å². The molecule has 11 heteroatoms. The molecule has 9 nitrogen and oxygen atoms in total. The van der Waals surface area contributed by atoms with E-state index < -0.39 is 16.8 Å². The Hall–Kier alpha value is -2.46. The zero-order chi connectivity index (χ0) is 24.9. The van der Waals surface area contributed by atoms with Gasteiger partial charge in [0.15, 0.2) is 0 Å². The van der Waals surface area contributed by atoms with Crippen molar-refractivity contribution in [3.8, 4) is 0 Å². The van der Waals surface area contributed by atoms with Gasteiger partial charge in [-0.15, -0.1) is 0 Å². The molecule has 3 rings (SSSR count). The molecule has 1 aromatic rings. The molecule has 0 spiro atoms. The molecule has 2 aliphatic heterocycles. The molecule has 1 unspecified atom stereocenters. The molecule has 1 atom stereocenters. The molecule has 2 aliphatic rings. The first-order valence-corrected chi connectivity index (χ1v) is 12.3. The minimum atomic E-state index is -1.07. The lowest BCUT2D eigenvalue weighted by atomic mass is 10.0. The van der Waals surface area contributed by atoms with Crippen LogP contribution in [0.3, 0.4) is 0 Å². The number of benzene rings is 1. The van der Waals surface area contributed by atoms with E-state index in [0.717, 1.165) is 5.56 Å². The molecule has 0 aliphatic carbocycles. The summed E-state index contributed by atoms with van der Waals surface area (Å²) in [4.78, 5) is 31.1. The highest BCUT2D eigenvalue weighted by Crippen LogP contribution is 2.28. The van der Waals surface area contributed by atoms with Crippen LogP contribution >= 0.6 is 27.5 Å². The third kappa shape index (κ3) is 7.53. The normalized spacial score (nSPS) is 21.1. The van der Waals surface area contributed by atoms with Crippen molar-refractivity contribution in [3.63, 3.8) is 0 Å². The van der Waals surface area contributed by atoms with Crippen molar-refractivity contribution in [2.24, 2.45) is 4.99 Å². The molecule has 1 saturated heterocycles. The number of rotatable bonds is 5. The Balaban J connectivity index is 1.67. The molecule has 2 heterocycles. The van der Waals surface area contributed by atoms with Crippen molar-refractivity contribution >= 4 is 45.9 Å². The molecular weight excluding hydrogens is 526 g/mol. The van der Waals surface area contributed by atoms with Crippen LogP contribution < -0.4 is 10.7 Å². The zero-order valence-corrected chi connectivity index (χ0v) is 22.1. The molecule has 0 radical (unpaired) electrons. The highest BCUT2D eigenvalue weighted by molar-refractivity contribution is 9.12. The van der Waals surface area contributed by atoms with Gasteiger partial charge < -0.3 is 19.7 Å². The summed E-state index contributed by atoms with van der Waals surface area (Å²) >= 11 is 9.90. The Morgan fingerprint density at radius 1 is 1.29 bits per heavy atom. The van der Waals surface area contributed by atoms with Crippen LogP contribution in [0.1, 0.15) is 46.1 Å². The Kier molecular flexibility index (Phi) is 8.35. The van der Waals surface area contributed by atoms with E-state index >= 15 is 0 Å². The fraction of sp³-hybridized carbons (Fsp3) is 0.522. The molecule has 2 amide bonds. The number of ether oxygens (including phenoxy) is 2. The summed E-state index contributed by atoms with van der Waals surface area (Å²) < 4.78 is 11.6. The molecule has 0 aromatic heterocycles. The van der Waals surface area contributed by atoms with Gasteiger partial charge in [0.25, 0.3) is 0 Å². The van der Waals surface area contributed by atoms with E-state index in [0.29, 0.717) is 36.2 Å². The predicted molar refractivity (Wildman–Crippen MR) is 134 cm³/mol. The predicted octanol–water partition coefficient (Wildman–Crippen LogP) is 4.68. The highest BCUT2D eigenvalue weighted by atomic mass is 79.9. The largest absolute Gasteiger partial charge is 0.445 e. The number of likely N-dealkylation sites (tertiary alicyclic amines) is 1. The van der Waals surface area contributed by atoms with Gasteiger partial charge in [-0.3, -0.25) is 5.01 Å². The lowest BCUT2D eigenvalue weighted by molar-refractivity contribution is 0.0204. The number of hydrazine groups is 1. The van der Waals surface area contributed by atoms with Gasteiger partial charge in [0.05, 0.1) is 10.5 Å². The van der Waals surface area contributed by atoms with Crippen molar-refractivity contribution < 1.29 is 19.1 Å². The molecular formula is C23H31BrClN5O4. The summed E-state index contributed by atoms with van der Waals surface area (Å²) in [5.74, 6) is 0.559. The quantitative estimate of drug-likeness (QED) is 0.311. The number of aliphatic imine (C=N–C) groups is 1. The van der Waals surface area contributed by atoms with Gasteiger partial charge in [0.2, 0.25) is 5.12 Å². The highest BCUT2D eigenvalue weighted by Gasteiger charge is 2.35. The number of halogens is 2. The third-order valence-electron chi connectivity index (χ3n) is 5.14. The van der Waals surface area contributed by atoms with E-state index in [2.05, 4.69) is 31.7 Å². The minimum absolute atomic E-state index is 0.125. The van der Waals surface area contributed by atoms with E-state index in [4.69, 9.17) is 21.1 Å². The molecule has 1 aromatic carbocycles. The maximum Gasteiger partial charge on any atom is 0.426 e. The van der Waals surface area contributed by atoms with Crippen LogP contribution in [0.2, 0.25) is 0 Å². The van der Waals surface area contributed by atoms with Gasteiger partial charge in [-0.1, -0.05) is 41.9 Å². The number of piperidine rings is 1. The van der Waals surface area contributed by atoms with E-state index in [1.165, 1.54) is 0 Å². The average molecular weight is 557 g/mol.